The molecule has 5 heterocycles. The van der Waals surface area contributed by atoms with Crippen LogP contribution in [-0.2, 0) is 4.74 Å². The van der Waals surface area contributed by atoms with Gasteiger partial charge in [0.15, 0.2) is 5.82 Å². The standard InChI is InChI=1S/C21H28N8O/c1-15-12-17-19(25-15)20(24-14-23-17)29-7-3-4-16(13-29)27(2)21-22-6-5-18(26-21)28-8-10-30-11-9-28/h5-6,12,14,16,25H,3-4,7-11,13H2,1-2H3. The number of nitrogens with one attached hydrogen (secondary N) is 1. The lowest BCUT2D eigenvalue weighted by molar-refractivity contribution is 0.122. The van der Waals surface area contributed by atoms with Gasteiger partial charge in [0, 0.05) is 51.2 Å². The molecule has 2 aliphatic heterocycles. The van der Waals surface area contributed by atoms with Crippen LogP contribution < -0.4 is 14.7 Å². The van der Waals surface area contributed by atoms with Gasteiger partial charge in [-0.1, -0.05) is 0 Å². The third kappa shape index (κ3) is 3.65. The van der Waals surface area contributed by atoms with Crippen LogP contribution in [0.25, 0.3) is 11.0 Å². The minimum absolute atomic E-state index is 0.319. The molecule has 9 nitrogen and oxygen atoms in total. The maximum Gasteiger partial charge on any atom is 0.227 e. The number of nitrogens with zero attached hydrogens (tertiary/aromatic N) is 7. The van der Waals surface area contributed by atoms with Crippen LogP contribution in [0.2, 0.25) is 0 Å². The largest absolute Gasteiger partial charge is 0.378 e. The fourth-order valence-electron chi connectivity index (χ4n) is 4.40. The van der Waals surface area contributed by atoms with Crippen molar-refractivity contribution in [2.45, 2.75) is 25.8 Å². The number of aromatic nitrogens is 5. The van der Waals surface area contributed by atoms with E-state index in [2.05, 4.69) is 54.7 Å². The van der Waals surface area contributed by atoms with Crippen molar-refractivity contribution in [3.8, 4) is 0 Å². The molecule has 30 heavy (non-hydrogen) atoms. The minimum atomic E-state index is 0.319. The quantitative estimate of drug-likeness (QED) is 0.702. The summed E-state index contributed by atoms with van der Waals surface area (Å²) in [5.41, 5.74) is 3.09. The number of hydrogen-bond donors (Lipinski definition) is 1. The molecule has 0 spiro atoms. The zero-order valence-corrected chi connectivity index (χ0v) is 17.6. The second-order valence-electron chi connectivity index (χ2n) is 8.08. The van der Waals surface area contributed by atoms with Crippen molar-refractivity contribution in [3.63, 3.8) is 0 Å². The molecule has 2 fully saturated rings. The molecule has 2 saturated heterocycles. The topological polar surface area (TPSA) is 86.3 Å². The highest BCUT2D eigenvalue weighted by Gasteiger charge is 2.27. The summed E-state index contributed by atoms with van der Waals surface area (Å²) in [5.74, 6) is 2.73. The van der Waals surface area contributed by atoms with E-state index < -0.39 is 0 Å². The molecule has 0 aromatic carbocycles. The molecule has 2 aliphatic rings. The van der Waals surface area contributed by atoms with Gasteiger partial charge in [0.2, 0.25) is 5.95 Å². The van der Waals surface area contributed by atoms with E-state index in [4.69, 9.17) is 9.72 Å². The zero-order chi connectivity index (χ0) is 20.5. The van der Waals surface area contributed by atoms with E-state index >= 15 is 0 Å². The van der Waals surface area contributed by atoms with Gasteiger partial charge in [-0.05, 0) is 31.9 Å². The van der Waals surface area contributed by atoms with E-state index in [1.807, 2.05) is 12.3 Å². The maximum atomic E-state index is 5.47. The molecule has 3 aromatic heterocycles. The van der Waals surface area contributed by atoms with Crippen LogP contribution in [0.3, 0.4) is 0 Å². The van der Waals surface area contributed by atoms with Crippen molar-refractivity contribution in [3.05, 3.63) is 30.4 Å². The summed E-state index contributed by atoms with van der Waals surface area (Å²) in [6.07, 6.45) is 5.73. The second kappa shape index (κ2) is 8.06. The Hall–Kier alpha value is -2.94. The molecule has 0 radical (unpaired) electrons. The van der Waals surface area contributed by atoms with E-state index in [1.165, 1.54) is 0 Å². The highest BCUT2D eigenvalue weighted by atomic mass is 16.5. The smallest absolute Gasteiger partial charge is 0.227 e. The second-order valence-corrected chi connectivity index (χ2v) is 8.08. The summed E-state index contributed by atoms with van der Waals surface area (Å²) in [5, 5.41) is 0. The summed E-state index contributed by atoms with van der Waals surface area (Å²) in [7, 11) is 2.10. The number of ether oxygens (including phenoxy) is 1. The first-order valence-corrected chi connectivity index (χ1v) is 10.6. The van der Waals surface area contributed by atoms with Crippen LogP contribution in [0.4, 0.5) is 17.6 Å². The van der Waals surface area contributed by atoms with Crippen LogP contribution in [0.15, 0.2) is 24.7 Å². The number of H-pyrrole nitrogens is 1. The van der Waals surface area contributed by atoms with Gasteiger partial charge in [-0.3, -0.25) is 0 Å². The van der Waals surface area contributed by atoms with Crippen LogP contribution in [0, 0.1) is 6.92 Å². The predicted molar refractivity (Wildman–Crippen MR) is 117 cm³/mol. The first kappa shape index (κ1) is 19.0. The molecule has 0 saturated carbocycles. The van der Waals surface area contributed by atoms with Gasteiger partial charge < -0.3 is 24.4 Å². The zero-order valence-electron chi connectivity index (χ0n) is 17.6. The van der Waals surface area contributed by atoms with Crippen molar-refractivity contribution in [1.29, 1.82) is 0 Å². The SMILES string of the molecule is Cc1cc2ncnc(N3CCCC(N(C)c4nccc(N5CCOCC5)n4)C3)c2[nH]1. The minimum Gasteiger partial charge on any atom is -0.378 e. The van der Waals surface area contributed by atoms with Gasteiger partial charge in [-0.2, -0.15) is 4.98 Å². The molecule has 1 N–H and O–H groups in total. The van der Waals surface area contributed by atoms with Crippen LogP contribution in [0.5, 0.6) is 0 Å². The Morgan fingerprint density at radius 3 is 2.87 bits per heavy atom. The molecule has 5 rings (SSSR count). The summed E-state index contributed by atoms with van der Waals surface area (Å²) >= 11 is 0. The molecular formula is C21H28N8O. The number of anilines is 3. The number of piperidine rings is 1. The molecular weight excluding hydrogens is 380 g/mol. The molecule has 1 unspecified atom stereocenters. The first-order valence-electron chi connectivity index (χ1n) is 10.6. The number of aryl methyl sites for hydroxylation is 1. The number of aromatic amines is 1. The normalized spacial score (nSPS) is 20.0. The summed E-state index contributed by atoms with van der Waals surface area (Å²) in [6.45, 7) is 7.16. The molecule has 9 heteroatoms. The van der Waals surface area contributed by atoms with Crippen molar-refractivity contribution in [2.75, 3.05) is 61.1 Å². The van der Waals surface area contributed by atoms with E-state index in [9.17, 15) is 0 Å². The molecule has 1 atom stereocenters. The lowest BCUT2D eigenvalue weighted by atomic mass is 10.0. The number of fused-ring (bicyclic) bond motifs is 1. The van der Waals surface area contributed by atoms with Crippen LogP contribution >= 0.6 is 0 Å². The highest BCUT2D eigenvalue weighted by molar-refractivity contribution is 5.86. The number of rotatable bonds is 4. The maximum absolute atomic E-state index is 5.47. The Morgan fingerprint density at radius 1 is 1.13 bits per heavy atom. The van der Waals surface area contributed by atoms with Crippen molar-refractivity contribution < 1.29 is 4.74 Å². The van der Waals surface area contributed by atoms with Gasteiger partial charge in [0.25, 0.3) is 0 Å². The van der Waals surface area contributed by atoms with E-state index in [0.717, 1.165) is 86.5 Å². The van der Waals surface area contributed by atoms with Crippen molar-refractivity contribution in [2.24, 2.45) is 0 Å². The molecule has 158 valence electrons. The fraction of sp³-hybridized carbons (Fsp3) is 0.524. The molecule has 0 bridgehead atoms. The Balaban J connectivity index is 1.35. The van der Waals surface area contributed by atoms with Crippen LogP contribution in [-0.4, -0.2) is 77.4 Å². The third-order valence-electron chi connectivity index (χ3n) is 6.05. The van der Waals surface area contributed by atoms with Gasteiger partial charge in [-0.25, -0.2) is 15.0 Å². The number of hydrogen-bond acceptors (Lipinski definition) is 8. The highest BCUT2D eigenvalue weighted by Crippen LogP contribution is 2.28. The summed E-state index contributed by atoms with van der Waals surface area (Å²) in [4.78, 5) is 28.7. The number of morpholine rings is 1. The Bertz CT molecular complexity index is 1020. The molecule has 3 aromatic rings. The van der Waals surface area contributed by atoms with Crippen LogP contribution in [0.1, 0.15) is 18.5 Å². The van der Waals surface area contributed by atoms with Crippen molar-refractivity contribution in [1.82, 2.24) is 24.9 Å². The predicted octanol–water partition coefficient (Wildman–Crippen LogP) is 2.00. The monoisotopic (exact) mass is 408 g/mol. The Labute approximate surface area is 176 Å². The average molecular weight is 409 g/mol. The van der Waals surface area contributed by atoms with Crippen molar-refractivity contribution >= 4 is 28.6 Å². The van der Waals surface area contributed by atoms with Gasteiger partial charge in [0.05, 0.1) is 18.7 Å². The summed E-state index contributed by atoms with van der Waals surface area (Å²) < 4.78 is 5.47. The number of likely N-dealkylation sites (N-methyl/N-ethyl adjacent to an activating group) is 1. The lowest BCUT2D eigenvalue weighted by Crippen LogP contribution is -2.47. The fourth-order valence-corrected chi connectivity index (χ4v) is 4.40. The molecule has 0 aliphatic carbocycles. The van der Waals surface area contributed by atoms with Gasteiger partial charge in [0.1, 0.15) is 17.7 Å². The third-order valence-corrected chi connectivity index (χ3v) is 6.05. The van der Waals surface area contributed by atoms with Gasteiger partial charge in [-0.15, -0.1) is 0 Å². The van der Waals surface area contributed by atoms with Gasteiger partial charge >= 0.3 is 0 Å². The molecule has 0 amide bonds. The van der Waals surface area contributed by atoms with E-state index in [1.54, 1.807) is 6.33 Å². The summed E-state index contributed by atoms with van der Waals surface area (Å²) in [6, 6.07) is 4.37. The Morgan fingerprint density at radius 2 is 2.00 bits per heavy atom. The first-order chi connectivity index (χ1) is 14.7. The average Bonchev–Trinajstić information content (AvgIpc) is 3.19. The lowest BCUT2D eigenvalue weighted by Gasteiger charge is -2.38. The van der Waals surface area contributed by atoms with E-state index in [0.29, 0.717) is 6.04 Å². The van der Waals surface area contributed by atoms with E-state index in [-0.39, 0.29) is 0 Å². The Kier molecular flexibility index (Phi) is 5.12.